The van der Waals surface area contributed by atoms with Gasteiger partial charge >= 0.3 is 0 Å². The molecule has 186 valence electrons. The van der Waals surface area contributed by atoms with Crippen LogP contribution in [-0.4, -0.2) is 0 Å². The van der Waals surface area contributed by atoms with Crippen LogP contribution in [0, 0.1) is 0 Å². The van der Waals surface area contributed by atoms with Crippen LogP contribution in [0.3, 0.4) is 0 Å². The van der Waals surface area contributed by atoms with Crippen LogP contribution in [0.4, 0.5) is 0 Å². The minimum atomic E-state index is -0.450. The van der Waals surface area contributed by atoms with Crippen molar-refractivity contribution in [1.82, 2.24) is 0 Å². The summed E-state index contributed by atoms with van der Waals surface area (Å²) in [5.41, 5.74) is 4.53. The van der Waals surface area contributed by atoms with E-state index in [0.717, 1.165) is 38.4 Å². The Morgan fingerprint density at radius 3 is 1.68 bits per heavy atom. The van der Waals surface area contributed by atoms with Crippen LogP contribution in [-0.2, 0) is 0 Å². The number of benzene rings is 8. The average molecular weight is 514 g/mol. The highest BCUT2D eigenvalue weighted by Crippen LogP contribution is 2.46. The highest BCUT2D eigenvalue weighted by atomic mass is 14.2. The van der Waals surface area contributed by atoms with Gasteiger partial charge in [0.05, 0.1) is 9.60 Å². The molecule has 0 radical (unpaired) electrons. The largest absolute Gasteiger partial charge is 0.0629 e. The molecule has 0 aromatic heterocycles. The van der Waals surface area contributed by atoms with Gasteiger partial charge in [0.15, 0.2) is 0 Å². The zero-order valence-corrected chi connectivity index (χ0v) is 21.5. The molecule has 0 saturated carbocycles. The van der Waals surface area contributed by atoms with E-state index in [9.17, 15) is 0 Å². The summed E-state index contributed by atoms with van der Waals surface area (Å²) in [6, 6.07) is 36.4. The first kappa shape index (κ1) is 16.7. The number of hydrogen-bond acceptors (Lipinski definition) is 0. The van der Waals surface area contributed by atoms with Gasteiger partial charge in [0, 0.05) is 0 Å². The van der Waals surface area contributed by atoms with Gasteiger partial charge in [-0.2, -0.15) is 0 Å². The minimum absolute atomic E-state index is 0.101. The van der Waals surface area contributed by atoms with Crippen LogP contribution in [0.2, 0.25) is 0 Å². The highest BCUT2D eigenvalue weighted by molar-refractivity contribution is 6.24. The van der Waals surface area contributed by atoms with E-state index in [1.54, 1.807) is 36.4 Å². The van der Waals surface area contributed by atoms with Crippen molar-refractivity contribution in [3.8, 4) is 33.4 Å². The summed E-state index contributed by atoms with van der Waals surface area (Å²) in [5, 5.41) is 7.14. The van der Waals surface area contributed by atoms with E-state index in [1.165, 1.54) is 5.39 Å². The predicted octanol–water partition coefficient (Wildman–Crippen LogP) is 11.3. The topological polar surface area (TPSA) is 0 Å². The van der Waals surface area contributed by atoms with Gasteiger partial charge in [-0.3, -0.25) is 0 Å². The average Bonchev–Trinajstić information content (AvgIpc) is 3.09. The van der Waals surface area contributed by atoms with Crippen LogP contribution in [0.1, 0.15) is 9.60 Å². The van der Waals surface area contributed by atoms with E-state index in [2.05, 4.69) is 54.6 Å². The maximum absolute atomic E-state index is 8.84. The van der Waals surface area contributed by atoms with Gasteiger partial charge in [-0.25, -0.2) is 0 Å². The lowest BCUT2D eigenvalue weighted by molar-refractivity contribution is 1.65. The SMILES string of the molecule is [2H]c1ccc2c(-c3c([2H])c([2H])c([2H])c([2H])c3[2H])c3ccc([2H])cc3c(-c3cccc4c(-c5ccc6ccccc6c5)cccc34)c2c1. The number of fused-ring (bicyclic) bond motifs is 4. The van der Waals surface area contributed by atoms with Gasteiger partial charge in [0.25, 0.3) is 0 Å². The molecule has 0 nitrogen and oxygen atoms in total. The monoisotopic (exact) mass is 513 g/mol. The van der Waals surface area contributed by atoms with Gasteiger partial charge in [-0.15, -0.1) is 0 Å². The lowest BCUT2D eigenvalue weighted by Crippen LogP contribution is -1.92. The lowest BCUT2D eigenvalue weighted by atomic mass is 9.84. The molecular weight excluding hydrogens is 480 g/mol. The summed E-state index contributed by atoms with van der Waals surface area (Å²) in [6.45, 7) is 0. The normalized spacial score (nSPS) is 13.9. The lowest BCUT2D eigenvalue weighted by Gasteiger charge is -2.19. The van der Waals surface area contributed by atoms with Gasteiger partial charge in [-0.05, 0) is 82.5 Å². The first-order valence-corrected chi connectivity index (χ1v) is 13.3. The zero-order valence-electron chi connectivity index (χ0n) is 28.5. The summed E-state index contributed by atoms with van der Waals surface area (Å²) in [5.74, 6) is 0. The molecule has 0 aliphatic rings. The highest BCUT2D eigenvalue weighted by Gasteiger charge is 2.18. The molecule has 0 fully saturated rings. The Hall–Kier alpha value is -5.20. The van der Waals surface area contributed by atoms with E-state index in [-0.39, 0.29) is 29.7 Å². The first-order chi connectivity index (χ1) is 22.7. The molecule has 40 heavy (non-hydrogen) atoms. The van der Waals surface area contributed by atoms with Crippen LogP contribution < -0.4 is 0 Å². The van der Waals surface area contributed by atoms with Gasteiger partial charge < -0.3 is 0 Å². The van der Waals surface area contributed by atoms with Crippen molar-refractivity contribution in [2.24, 2.45) is 0 Å². The molecule has 8 rings (SSSR count). The molecular formula is C40H26. The second kappa shape index (κ2) is 9.22. The van der Waals surface area contributed by atoms with Crippen molar-refractivity contribution in [3.63, 3.8) is 0 Å². The summed E-state index contributed by atoms with van der Waals surface area (Å²) in [4.78, 5) is 0. The molecule has 0 atom stereocenters. The van der Waals surface area contributed by atoms with Crippen molar-refractivity contribution in [2.45, 2.75) is 0 Å². The van der Waals surface area contributed by atoms with E-state index >= 15 is 0 Å². The Kier molecular flexibility index (Phi) is 3.85. The van der Waals surface area contributed by atoms with Gasteiger partial charge in [-0.1, -0.05) is 151 Å². The Morgan fingerprint density at radius 2 is 0.950 bits per heavy atom. The maximum atomic E-state index is 8.84. The van der Waals surface area contributed by atoms with Crippen LogP contribution in [0.25, 0.3) is 76.5 Å². The second-order valence-electron chi connectivity index (χ2n) is 9.96. The molecule has 0 bridgehead atoms. The third-order valence-electron chi connectivity index (χ3n) is 7.81. The van der Waals surface area contributed by atoms with Crippen molar-refractivity contribution < 1.29 is 9.60 Å². The van der Waals surface area contributed by atoms with Crippen LogP contribution in [0.5, 0.6) is 0 Å². The summed E-state index contributed by atoms with van der Waals surface area (Å²) >= 11 is 0. The molecule has 8 aromatic rings. The molecule has 0 spiro atoms. The Bertz CT molecular complexity index is 2510. The Balaban J connectivity index is 1.50. The van der Waals surface area contributed by atoms with E-state index < -0.39 is 18.1 Å². The van der Waals surface area contributed by atoms with E-state index in [4.69, 9.17) is 9.60 Å². The number of hydrogen-bond donors (Lipinski definition) is 0. The van der Waals surface area contributed by atoms with E-state index in [0.29, 0.717) is 27.1 Å². The molecule has 0 saturated heterocycles. The third kappa shape index (κ3) is 3.54. The zero-order chi connectivity index (χ0) is 32.6. The molecule has 0 unspecified atom stereocenters. The minimum Gasteiger partial charge on any atom is -0.0622 e. The van der Waals surface area contributed by atoms with Crippen LogP contribution in [0.15, 0.2) is 158 Å². The molecule has 0 heterocycles. The maximum Gasteiger partial charge on any atom is 0.0629 e. The number of rotatable bonds is 3. The van der Waals surface area contributed by atoms with Crippen molar-refractivity contribution in [3.05, 3.63) is 158 Å². The molecule has 0 aliphatic carbocycles. The molecule has 0 amide bonds. The molecule has 8 aromatic carbocycles. The first-order valence-electron chi connectivity index (χ1n) is 16.8. The van der Waals surface area contributed by atoms with E-state index in [1.807, 2.05) is 24.3 Å². The third-order valence-corrected chi connectivity index (χ3v) is 7.81. The Morgan fingerprint density at radius 1 is 0.350 bits per heavy atom. The fourth-order valence-corrected chi connectivity index (χ4v) is 6.07. The van der Waals surface area contributed by atoms with Gasteiger partial charge in [0.2, 0.25) is 0 Å². The summed E-state index contributed by atoms with van der Waals surface area (Å²) in [7, 11) is 0. The molecule has 0 aliphatic heterocycles. The summed E-state index contributed by atoms with van der Waals surface area (Å²) in [6.07, 6.45) is 0. The quantitative estimate of drug-likeness (QED) is 0.206. The fourth-order valence-electron chi connectivity index (χ4n) is 6.07. The van der Waals surface area contributed by atoms with Crippen molar-refractivity contribution in [2.75, 3.05) is 0 Å². The Labute approximate surface area is 243 Å². The second-order valence-corrected chi connectivity index (χ2v) is 9.96. The standard InChI is InChI=1S/C40H26/c1-2-13-28(14-3-1)39-35-16-6-8-18-37(35)40(38-19-9-7-17-36(38)39)34-23-11-21-32-31(20-10-22-33(32)34)30-25-24-27-12-4-5-15-29(27)26-30/h1-26H/i1D,2D,3D,8D,9D,13D,14D. The summed E-state index contributed by atoms with van der Waals surface area (Å²) < 4.78 is 59.9. The molecule has 0 heteroatoms. The smallest absolute Gasteiger partial charge is 0.0622 e. The van der Waals surface area contributed by atoms with Gasteiger partial charge in [0.1, 0.15) is 0 Å². The predicted molar refractivity (Wildman–Crippen MR) is 173 cm³/mol. The van der Waals surface area contributed by atoms with Crippen molar-refractivity contribution in [1.29, 1.82) is 0 Å². The molecule has 0 N–H and O–H groups in total. The van der Waals surface area contributed by atoms with Crippen LogP contribution >= 0.6 is 0 Å². The fraction of sp³-hybridized carbons (Fsp3) is 0. The van der Waals surface area contributed by atoms with Crippen molar-refractivity contribution >= 4 is 43.1 Å².